The summed E-state index contributed by atoms with van der Waals surface area (Å²) in [5, 5.41) is 2.61. The molecule has 0 saturated heterocycles. The van der Waals surface area contributed by atoms with E-state index in [9.17, 15) is 26.8 Å². The van der Waals surface area contributed by atoms with Crippen LogP contribution in [-0.2, 0) is 32.5 Å². The molecule has 0 aliphatic rings. The Hall–Kier alpha value is -4.57. The fraction of sp³-hybridized carbons (Fsp3) is 0.161. The van der Waals surface area contributed by atoms with E-state index < -0.39 is 39.1 Å². The fourth-order valence-corrected chi connectivity index (χ4v) is 5.57. The lowest BCUT2D eigenvalue weighted by molar-refractivity contribution is -0.139. The monoisotopic (exact) mass is 578 g/mol. The molecule has 4 aromatic rings. The van der Waals surface area contributed by atoms with Crippen molar-refractivity contribution in [1.29, 1.82) is 0 Å². The fourth-order valence-electron chi connectivity index (χ4n) is 4.10. The summed E-state index contributed by atoms with van der Waals surface area (Å²) in [5.74, 6) is -2.80. The summed E-state index contributed by atoms with van der Waals surface area (Å²) in [6.45, 7) is 3.40. The lowest BCUT2D eigenvalue weighted by Crippen LogP contribution is -2.31. The molecule has 0 atom stereocenters. The Morgan fingerprint density at radius 1 is 0.854 bits per heavy atom. The molecule has 212 valence electrons. The number of esters is 1. The highest BCUT2D eigenvalue weighted by atomic mass is 32.2. The van der Waals surface area contributed by atoms with Crippen LogP contribution in [0.5, 0.6) is 0 Å². The molecule has 0 unspecified atom stereocenters. The largest absolute Gasteiger partial charge is 0.469 e. The van der Waals surface area contributed by atoms with Crippen molar-refractivity contribution in [3.8, 4) is 0 Å². The van der Waals surface area contributed by atoms with E-state index in [1.54, 1.807) is 36.4 Å². The number of anilines is 2. The molecule has 0 fully saturated rings. The molecule has 0 aliphatic carbocycles. The zero-order valence-corrected chi connectivity index (χ0v) is 23.5. The van der Waals surface area contributed by atoms with E-state index in [0.717, 1.165) is 33.6 Å². The van der Waals surface area contributed by atoms with Gasteiger partial charge in [0.1, 0.15) is 11.6 Å². The molecule has 1 N–H and O–H groups in total. The normalized spacial score (nSPS) is 11.1. The summed E-state index contributed by atoms with van der Waals surface area (Å²) < 4.78 is 63.0. The number of hydrogen-bond donors (Lipinski definition) is 1. The Labute approximate surface area is 237 Å². The number of carbonyl (C=O) groups is 2. The van der Waals surface area contributed by atoms with Crippen LogP contribution in [0, 0.1) is 25.5 Å². The number of halogens is 2. The highest BCUT2D eigenvalue weighted by Gasteiger charge is 2.28. The van der Waals surface area contributed by atoms with Crippen LogP contribution in [0.15, 0.2) is 89.8 Å². The van der Waals surface area contributed by atoms with Gasteiger partial charge in [-0.15, -0.1) is 0 Å². The highest BCUT2D eigenvalue weighted by molar-refractivity contribution is 7.92. The van der Waals surface area contributed by atoms with Gasteiger partial charge in [-0.1, -0.05) is 36.4 Å². The van der Waals surface area contributed by atoms with Crippen LogP contribution >= 0.6 is 0 Å². The van der Waals surface area contributed by atoms with Gasteiger partial charge in [-0.3, -0.25) is 13.9 Å². The van der Waals surface area contributed by atoms with Gasteiger partial charge in [0, 0.05) is 11.3 Å². The number of amides is 1. The lowest BCUT2D eigenvalue weighted by atomic mass is 10.1. The maximum atomic E-state index is 14.8. The minimum Gasteiger partial charge on any atom is -0.469 e. The second kappa shape index (κ2) is 12.3. The van der Waals surface area contributed by atoms with E-state index in [4.69, 9.17) is 0 Å². The van der Waals surface area contributed by atoms with Gasteiger partial charge in [0.25, 0.3) is 15.9 Å². The number of rotatable bonds is 9. The Morgan fingerprint density at radius 2 is 1.56 bits per heavy atom. The van der Waals surface area contributed by atoms with Crippen molar-refractivity contribution in [3.05, 3.63) is 124 Å². The first-order chi connectivity index (χ1) is 19.5. The maximum absolute atomic E-state index is 14.8. The molecule has 1 amide bonds. The molecule has 4 aromatic carbocycles. The standard InChI is InChI=1S/C31H28F2N2O5S/c1-20-8-11-24(16-21(20)2)34-31(37)27-18-26(14-15-29(27)33)41(38,39)35(19-23-6-4-5-7-28(23)32)25-12-9-22(10-13-25)17-30(36)40-3/h4-16,18H,17,19H2,1-3H3,(H,34,37). The van der Waals surface area contributed by atoms with Crippen LogP contribution in [0.2, 0.25) is 0 Å². The molecule has 0 saturated carbocycles. The number of nitrogens with zero attached hydrogens (tertiary/aromatic N) is 1. The molecular formula is C31H28F2N2O5S. The third-order valence-electron chi connectivity index (χ3n) is 6.61. The summed E-state index contributed by atoms with van der Waals surface area (Å²) in [6.07, 6.45) is -0.0201. The van der Waals surface area contributed by atoms with E-state index in [-0.39, 0.29) is 29.1 Å². The van der Waals surface area contributed by atoms with Gasteiger partial charge in [0.2, 0.25) is 0 Å². The van der Waals surface area contributed by atoms with Crippen molar-refractivity contribution in [2.24, 2.45) is 0 Å². The van der Waals surface area contributed by atoms with Crippen molar-refractivity contribution >= 4 is 33.3 Å². The molecule has 0 spiro atoms. The highest BCUT2D eigenvalue weighted by Crippen LogP contribution is 2.29. The molecular weight excluding hydrogens is 550 g/mol. The van der Waals surface area contributed by atoms with E-state index in [1.165, 1.54) is 37.4 Å². The smallest absolute Gasteiger partial charge is 0.309 e. The third-order valence-corrected chi connectivity index (χ3v) is 8.38. The molecule has 41 heavy (non-hydrogen) atoms. The molecule has 0 heterocycles. The van der Waals surface area contributed by atoms with Crippen molar-refractivity contribution in [1.82, 2.24) is 0 Å². The van der Waals surface area contributed by atoms with Crippen LogP contribution in [-0.4, -0.2) is 27.4 Å². The molecule has 10 heteroatoms. The second-order valence-corrected chi connectivity index (χ2v) is 11.3. The molecule has 0 aromatic heterocycles. The van der Waals surface area contributed by atoms with E-state index >= 15 is 0 Å². The zero-order chi connectivity index (χ0) is 29.7. The van der Waals surface area contributed by atoms with Gasteiger partial charge in [0.05, 0.1) is 36.2 Å². The maximum Gasteiger partial charge on any atom is 0.309 e. The Morgan fingerprint density at radius 3 is 2.22 bits per heavy atom. The first-order valence-electron chi connectivity index (χ1n) is 12.6. The number of nitrogens with one attached hydrogen (secondary N) is 1. The number of methoxy groups -OCH3 is 1. The zero-order valence-electron chi connectivity index (χ0n) is 22.6. The van der Waals surface area contributed by atoms with Gasteiger partial charge >= 0.3 is 5.97 Å². The average Bonchev–Trinajstić information content (AvgIpc) is 2.95. The first-order valence-corrected chi connectivity index (χ1v) is 14.0. The number of sulfonamides is 1. The molecule has 7 nitrogen and oxygen atoms in total. The number of benzene rings is 4. The van der Waals surface area contributed by atoms with E-state index in [0.29, 0.717) is 11.3 Å². The summed E-state index contributed by atoms with van der Waals surface area (Å²) in [7, 11) is -3.18. The van der Waals surface area contributed by atoms with Gasteiger partial charge in [-0.25, -0.2) is 17.2 Å². The topological polar surface area (TPSA) is 92.8 Å². The Kier molecular flexibility index (Phi) is 8.83. The number of aryl methyl sites for hydroxylation is 2. The van der Waals surface area contributed by atoms with Gasteiger partial charge in [-0.05, 0) is 79.1 Å². The van der Waals surface area contributed by atoms with E-state index in [2.05, 4.69) is 10.1 Å². The summed E-state index contributed by atoms with van der Waals surface area (Å²) in [5.41, 5.74) is 2.74. The minimum atomic E-state index is -4.44. The van der Waals surface area contributed by atoms with Crippen molar-refractivity contribution in [3.63, 3.8) is 0 Å². The number of hydrogen-bond acceptors (Lipinski definition) is 5. The van der Waals surface area contributed by atoms with E-state index in [1.807, 2.05) is 13.8 Å². The number of ether oxygens (including phenoxy) is 1. The van der Waals surface area contributed by atoms with Crippen LogP contribution < -0.4 is 9.62 Å². The van der Waals surface area contributed by atoms with Crippen LogP contribution in [0.25, 0.3) is 0 Å². The molecule has 0 bridgehead atoms. The third kappa shape index (κ3) is 6.78. The van der Waals surface area contributed by atoms with Crippen LogP contribution in [0.4, 0.5) is 20.2 Å². The van der Waals surface area contributed by atoms with Crippen molar-refractivity contribution in [2.45, 2.75) is 31.7 Å². The summed E-state index contributed by atoms with van der Waals surface area (Å²) >= 11 is 0. The molecule has 0 aliphatic heterocycles. The Balaban J connectivity index is 1.72. The summed E-state index contributed by atoms with van der Waals surface area (Å²) in [6, 6.07) is 19.9. The number of carbonyl (C=O) groups excluding carboxylic acids is 2. The molecule has 0 radical (unpaired) electrons. The second-order valence-electron chi connectivity index (χ2n) is 9.42. The van der Waals surface area contributed by atoms with Gasteiger partial charge in [-0.2, -0.15) is 0 Å². The SMILES string of the molecule is COC(=O)Cc1ccc(N(Cc2ccccc2F)S(=O)(=O)c2ccc(F)c(C(=O)Nc3ccc(C)c(C)c3)c2)cc1. The molecule has 4 rings (SSSR count). The predicted molar refractivity (Wildman–Crippen MR) is 152 cm³/mol. The summed E-state index contributed by atoms with van der Waals surface area (Å²) in [4.78, 5) is 24.3. The first kappa shape index (κ1) is 29.4. The lowest BCUT2D eigenvalue weighted by Gasteiger charge is -2.25. The van der Waals surface area contributed by atoms with Crippen LogP contribution in [0.3, 0.4) is 0 Å². The van der Waals surface area contributed by atoms with Crippen molar-refractivity contribution in [2.75, 3.05) is 16.7 Å². The Bertz CT molecular complexity index is 1710. The average molecular weight is 579 g/mol. The van der Waals surface area contributed by atoms with Crippen LogP contribution in [0.1, 0.15) is 32.6 Å². The van der Waals surface area contributed by atoms with Crippen molar-refractivity contribution < 1.29 is 31.5 Å². The van der Waals surface area contributed by atoms with Gasteiger partial charge < -0.3 is 10.1 Å². The minimum absolute atomic E-state index is 0.0201. The predicted octanol–water partition coefficient (Wildman–Crippen LogP) is 5.94. The van der Waals surface area contributed by atoms with Gasteiger partial charge in [0.15, 0.2) is 0 Å². The quantitative estimate of drug-likeness (QED) is 0.248.